The van der Waals surface area contributed by atoms with Crippen molar-refractivity contribution in [1.82, 2.24) is 5.32 Å². The molecule has 1 unspecified atom stereocenters. The number of methoxy groups -OCH3 is 1. The van der Waals surface area contributed by atoms with Crippen molar-refractivity contribution in [3.8, 4) is 0 Å². The molecule has 0 aromatic heterocycles. The fraction of sp³-hybridized carbons (Fsp3) is 0.500. The molecule has 10 heteroatoms. The molecule has 0 amide bonds. The van der Waals surface area contributed by atoms with Gasteiger partial charge in [0, 0.05) is 59.4 Å². The standard InChI is InChI=1S/C40H50N4O4.ClH.In/c1-9-11-12-13-16-48-25(7)37-23(5)31-18-30-22(4)27(14-15-36(46)47-8)39(43-30)28-17-35(45)38-24(6)32(44-40(28)38)19-33-26(10-2)21(3)29(41-33)20-34(37)42-31;;/h18-21,25-26,41,45H,9-17H2,1-8H3;1H;/q;;+1/p-1/t21-,25?,26-;;/m1../s1. The number of ether oxygens (including phenoxy) is 2. The minimum absolute atomic E-state index is 0. The number of carbonyl (C=O) groups excluding carboxylic acids is 1. The maximum absolute atomic E-state index is 12.3. The second kappa shape index (κ2) is 16.6. The minimum atomic E-state index is -0.269. The van der Waals surface area contributed by atoms with Crippen molar-refractivity contribution in [3.05, 3.63) is 91.5 Å². The summed E-state index contributed by atoms with van der Waals surface area (Å²) in [6.45, 7) is 15.8. The minimum Gasteiger partial charge on any atom is -1.00 e. The van der Waals surface area contributed by atoms with Gasteiger partial charge in [0.25, 0.3) is 0 Å². The third-order valence-electron chi connectivity index (χ3n) is 10.8. The molecule has 5 heterocycles. The molecule has 0 aromatic carbocycles. The fourth-order valence-electron chi connectivity index (χ4n) is 7.85. The van der Waals surface area contributed by atoms with E-state index < -0.39 is 0 Å². The summed E-state index contributed by atoms with van der Waals surface area (Å²) in [4.78, 5) is 27.9. The number of rotatable bonds is 11. The van der Waals surface area contributed by atoms with Gasteiger partial charge in [0.1, 0.15) is 5.76 Å². The van der Waals surface area contributed by atoms with Crippen molar-refractivity contribution < 1.29 is 31.8 Å². The molecule has 0 aromatic rings. The van der Waals surface area contributed by atoms with E-state index in [1.807, 2.05) is 6.92 Å². The number of hydrogen-bond acceptors (Lipinski definition) is 8. The van der Waals surface area contributed by atoms with Crippen molar-refractivity contribution in [1.29, 1.82) is 0 Å². The Balaban J connectivity index is 0.00000281. The number of nitrogens with one attached hydrogen (secondary N) is 1. The topological polar surface area (TPSA) is 105 Å². The predicted octanol–water partition coefficient (Wildman–Crippen LogP) is 5.22. The number of aliphatic hydroxyl groups is 1. The molecule has 2 radical (unpaired) electrons. The van der Waals surface area contributed by atoms with Crippen molar-refractivity contribution in [3.63, 3.8) is 0 Å². The summed E-state index contributed by atoms with van der Waals surface area (Å²) in [6.07, 6.45) is 13.0. The first-order valence-corrected chi connectivity index (χ1v) is 17.7. The average Bonchev–Trinajstić information content (AvgIpc) is 3.82. The van der Waals surface area contributed by atoms with Crippen LogP contribution in [0.2, 0.25) is 0 Å². The van der Waals surface area contributed by atoms with E-state index in [-0.39, 0.29) is 62.7 Å². The first-order valence-electron chi connectivity index (χ1n) is 17.7. The van der Waals surface area contributed by atoms with Gasteiger partial charge in [-0.1, -0.05) is 40.0 Å². The van der Waals surface area contributed by atoms with Crippen molar-refractivity contribution >= 4 is 48.9 Å². The second-order valence-corrected chi connectivity index (χ2v) is 13.7. The van der Waals surface area contributed by atoms with Gasteiger partial charge in [0.15, 0.2) is 0 Å². The van der Waals surface area contributed by atoms with Gasteiger partial charge in [-0.2, -0.15) is 0 Å². The Morgan fingerprint density at radius 2 is 1.76 bits per heavy atom. The molecule has 1 saturated heterocycles. The number of aliphatic imine (C=N–C) groups is 3. The van der Waals surface area contributed by atoms with E-state index in [0.717, 1.165) is 104 Å². The van der Waals surface area contributed by atoms with Crippen LogP contribution in [-0.2, 0) is 14.3 Å². The van der Waals surface area contributed by atoms with Gasteiger partial charge in [0.05, 0.1) is 47.4 Å². The maximum Gasteiger partial charge on any atom is 1.00 e. The molecule has 1 fully saturated rings. The van der Waals surface area contributed by atoms with Crippen LogP contribution in [-0.4, -0.2) is 73.9 Å². The van der Waals surface area contributed by atoms with Crippen LogP contribution >= 0.6 is 0 Å². The molecule has 6 aliphatic rings. The van der Waals surface area contributed by atoms with Gasteiger partial charge in [-0.15, -0.1) is 0 Å². The molecule has 1 aliphatic carbocycles. The zero-order valence-corrected chi connectivity index (χ0v) is 34.8. The summed E-state index contributed by atoms with van der Waals surface area (Å²) in [5, 5.41) is 15.1. The van der Waals surface area contributed by atoms with Crippen molar-refractivity contribution in [2.45, 2.75) is 106 Å². The first kappa shape index (κ1) is 39.9. The summed E-state index contributed by atoms with van der Waals surface area (Å²) in [5.74, 6) is 0.605. The first-order chi connectivity index (χ1) is 23.1. The van der Waals surface area contributed by atoms with Crippen molar-refractivity contribution in [2.75, 3.05) is 13.7 Å². The summed E-state index contributed by atoms with van der Waals surface area (Å²) in [6, 6.07) is 0. The molecule has 264 valence electrons. The third-order valence-corrected chi connectivity index (χ3v) is 10.8. The molecular formula is C40H50ClInN4O4. The average molecular weight is 801 g/mol. The maximum atomic E-state index is 12.3. The summed E-state index contributed by atoms with van der Waals surface area (Å²) in [5.41, 5.74) is 14.1. The van der Waals surface area contributed by atoms with Crippen LogP contribution in [0.25, 0.3) is 0 Å². The Morgan fingerprint density at radius 1 is 1.00 bits per heavy atom. The van der Waals surface area contributed by atoms with Gasteiger partial charge in [-0.3, -0.25) is 4.79 Å². The number of carbonyl (C=O) groups is 1. The Kier molecular flexibility index (Phi) is 13.3. The van der Waals surface area contributed by atoms with Gasteiger partial charge in [-0.25, -0.2) is 15.0 Å². The van der Waals surface area contributed by atoms with Crippen LogP contribution in [0.15, 0.2) is 106 Å². The number of fused-ring (bicyclic) bond motifs is 5. The Morgan fingerprint density at radius 3 is 2.46 bits per heavy atom. The molecule has 2 N–H and O–H groups in total. The number of halogens is 1. The van der Waals surface area contributed by atoms with E-state index >= 15 is 0 Å². The van der Waals surface area contributed by atoms with E-state index in [9.17, 15) is 9.90 Å². The number of hydrogen-bond donors (Lipinski definition) is 2. The van der Waals surface area contributed by atoms with Crippen molar-refractivity contribution in [2.24, 2.45) is 26.8 Å². The number of aliphatic hydroxyl groups excluding tert-OH is 1. The zero-order valence-electron chi connectivity index (χ0n) is 30.8. The molecule has 8 bridgehead atoms. The number of esters is 1. The number of unbranched alkanes of at least 4 members (excludes halogenated alkanes) is 3. The summed E-state index contributed by atoms with van der Waals surface area (Å²) in [7, 11) is 1.42. The summed E-state index contributed by atoms with van der Waals surface area (Å²) < 4.78 is 11.4. The largest absolute Gasteiger partial charge is 1.00 e. The number of allylic oxidation sites excluding steroid dienone is 11. The second-order valence-electron chi connectivity index (χ2n) is 13.7. The van der Waals surface area contributed by atoms with Gasteiger partial charge in [0.2, 0.25) is 0 Å². The van der Waals surface area contributed by atoms with E-state index in [2.05, 4.69) is 65.1 Å². The SMILES string of the molecule is CCCCCCOC(C)C1=C(C)C2=CC3=NC(=C4CC(O)=C5C4=NC(=C5C)C=C4NC(=CC1=N2)[C@H](C)[C@H]4CC)C(CCC(=O)OC)=C3C.[Cl-].[In+]. The van der Waals surface area contributed by atoms with E-state index in [0.29, 0.717) is 24.5 Å². The van der Waals surface area contributed by atoms with E-state index in [1.165, 1.54) is 26.4 Å². The monoisotopic (exact) mass is 800 g/mol. The van der Waals surface area contributed by atoms with Gasteiger partial charge >= 0.3 is 31.8 Å². The van der Waals surface area contributed by atoms with Gasteiger partial charge < -0.3 is 32.3 Å². The smallest absolute Gasteiger partial charge is 1.00 e. The number of nitrogens with zero attached hydrogens (tertiary/aromatic N) is 3. The molecular weight excluding hydrogens is 751 g/mol. The Hall–Kier alpha value is -2.88. The molecule has 0 spiro atoms. The fourth-order valence-corrected chi connectivity index (χ4v) is 7.85. The molecule has 5 aliphatic heterocycles. The molecule has 3 atom stereocenters. The van der Waals surface area contributed by atoms with Crippen LogP contribution in [0.5, 0.6) is 0 Å². The van der Waals surface area contributed by atoms with Crippen LogP contribution in [0, 0.1) is 11.8 Å². The molecule has 50 heavy (non-hydrogen) atoms. The third kappa shape index (κ3) is 7.38. The Bertz CT molecular complexity index is 1800. The summed E-state index contributed by atoms with van der Waals surface area (Å²) >= 11 is 0. The van der Waals surface area contributed by atoms with Crippen LogP contribution in [0.1, 0.15) is 99.8 Å². The van der Waals surface area contributed by atoms with E-state index in [1.54, 1.807) is 0 Å². The van der Waals surface area contributed by atoms with Crippen LogP contribution in [0.3, 0.4) is 0 Å². The molecule has 0 saturated carbocycles. The Labute approximate surface area is 322 Å². The zero-order chi connectivity index (χ0) is 34.3. The quantitative estimate of drug-likeness (QED) is 0.221. The van der Waals surface area contributed by atoms with E-state index in [4.69, 9.17) is 24.5 Å². The van der Waals surface area contributed by atoms with Crippen LogP contribution in [0.4, 0.5) is 0 Å². The molecule has 6 rings (SSSR count). The predicted molar refractivity (Wildman–Crippen MR) is 199 cm³/mol. The normalized spacial score (nSPS) is 22.9. The van der Waals surface area contributed by atoms with Crippen LogP contribution < -0.4 is 17.7 Å². The molecule has 8 nitrogen and oxygen atoms in total. The van der Waals surface area contributed by atoms with Gasteiger partial charge in [-0.05, 0) is 87.5 Å².